The molecule has 0 aromatic heterocycles. The van der Waals surface area contributed by atoms with E-state index >= 15 is 0 Å². The lowest BCUT2D eigenvalue weighted by Crippen LogP contribution is -1.95. The molecule has 94 valence electrons. The molecule has 3 nitrogen and oxygen atoms in total. The molecule has 0 aliphatic rings. The minimum absolute atomic E-state index is 0.846. The summed E-state index contributed by atoms with van der Waals surface area (Å²) in [6.45, 7) is 2.06. The van der Waals surface area contributed by atoms with Crippen molar-refractivity contribution in [3.8, 4) is 5.75 Å². The molecule has 0 bridgehead atoms. The minimum atomic E-state index is 0.846. The van der Waals surface area contributed by atoms with Crippen LogP contribution in [-0.2, 0) is 0 Å². The molecule has 2 aromatic rings. The van der Waals surface area contributed by atoms with Crippen LogP contribution in [0.2, 0.25) is 0 Å². The standard InChI is InChI=1S/C15H18N2O/c1-11-4-9-15(18-3)14(10-11)17-13-7-5-12(16-2)6-8-13/h4-10,16-17H,1-3H3. The van der Waals surface area contributed by atoms with Crippen LogP contribution < -0.4 is 15.4 Å². The predicted octanol–water partition coefficient (Wildman–Crippen LogP) is 3.79. The number of aryl methyl sites for hydroxylation is 1. The Kier molecular flexibility index (Phi) is 3.72. The van der Waals surface area contributed by atoms with E-state index in [-0.39, 0.29) is 0 Å². The van der Waals surface area contributed by atoms with Crippen molar-refractivity contribution in [2.75, 3.05) is 24.8 Å². The van der Waals surface area contributed by atoms with Crippen LogP contribution in [0, 0.1) is 6.92 Å². The average molecular weight is 242 g/mol. The van der Waals surface area contributed by atoms with Gasteiger partial charge in [0.1, 0.15) is 5.75 Å². The molecule has 18 heavy (non-hydrogen) atoms. The summed E-state index contributed by atoms with van der Waals surface area (Å²) in [4.78, 5) is 0. The van der Waals surface area contributed by atoms with E-state index in [2.05, 4.69) is 23.6 Å². The normalized spacial score (nSPS) is 9.94. The number of ether oxygens (including phenoxy) is 1. The van der Waals surface area contributed by atoms with Gasteiger partial charge in [-0.25, -0.2) is 0 Å². The SMILES string of the molecule is CNc1ccc(Nc2cc(C)ccc2OC)cc1. The molecule has 0 atom stereocenters. The second-order valence-corrected chi connectivity index (χ2v) is 4.16. The molecule has 2 rings (SSSR count). The van der Waals surface area contributed by atoms with Gasteiger partial charge in [0.2, 0.25) is 0 Å². The third-order valence-electron chi connectivity index (χ3n) is 2.81. The number of hydrogen-bond acceptors (Lipinski definition) is 3. The molecule has 0 fully saturated rings. The summed E-state index contributed by atoms with van der Waals surface area (Å²) in [6.07, 6.45) is 0. The van der Waals surface area contributed by atoms with Gasteiger partial charge in [-0.3, -0.25) is 0 Å². The highest BCUT2D eigenvalue weighted by atomic mass is 16.5. The maximum absolute atomic E-state index is 5.34. The number of methoxy groups -OCH3 is 1. The Bertz CT molecular complexity index is 521. The number of rotatable bonds is 4. The molecule has 0 radical (unpaired) electrons. The van der Waals surface area contributed by atoms with Crippen molar-refractivity contribution < 1.29 is 4.74 Å². The van der Waals surface area contributed by atoms with Crippen molar-refractivity contribution >= 4 is 17.1 Å². The van der Waals surface area contributed by atoms with Gasteiger partial charge in [-0.15, -0.1) is 0 Å². The van der Waals surface area contributed by atoms with Crippen molar-refractivity contribution in [2.45, 2.75) is 6.92 Å². The van der Waals surface area contributed by atoms with Gasteiger partial charge in [0.25, 0.3) is 0 Å². The zero-order valence-electron chi connectivity index (χ0n) is 10.9. The maximum Gasteiger partial charge on any atom is 0.142 e. The fourth-order valence-corrected chi connectivity index (χ4v) is 1.80. The number of hydrogen-bond donors (Lipinski definition) is 2. The van der Waals surface area contributed by atoms with E-state index in [1.54, 1.807) is 7.11 Å². The summed E-state index contributed by atoms with van der Waals surface area (Å²) in [6, 6.07) is 14.2. The summed E-state index contributed by atoms with van der Waals surface area (Å²) in [5, 5.41) is 6.46. The third kappa shape index (κ3) is 2.74. The zero-order valence-corrected chi connectivity index (χ0v) is 10.9. The molecule has 0 saturated carbocycles. The lowest BCUT2D eigenvalue weighted by Gasteiger charge is -2.12. The Morgan fingerprint density at radius 3 is 2.22 bits per heavy atom. The van der Waals surface area contributed by atoms with E-state index in [1.165, 1.54) is 5.56 Å². The van der Waals surface area contributed by atoms with Crippen molar-refractivity contribution in [3.05, 3.63) is 48.0 Å². The van der Waals surface area contributed by atoms with Gasteiger partial charge in [0.05, 0.1) is 12.8 Å². The van der Waals surface area contributed by atoms with Crippen LogP contribution in [0.15, 0.2) is 42.5 Å². The lowest BCUT2D eigenvalue weighted by molar-refractivity contribution is 0.416. The molecular formula is C15H18N2O. The molecule has 0 heterocycles. The third-order valence-corrected chi connectivity index (χ3v) is 2.81. The summed E-state index contributed by atoms with van der Waals surface area (Å²) in [5.41, 5.74) is 4.31. The van der Waals surface area contributed by atoms with Gasteiger partial charge in [-0.2, -0.15) is 0 Å². The van der Waals surface area contributed by atoms with Crippen molar-refractivity contribution in [1.82, 2.24) is 0 Å². The van der Waals surface area contributed by atoms with Gasteiger partial charge in [-0.05, 0) is 48.9 Å². The zero-order chi connectivity index (χ0) is 13.0. The van der Waals surface area contributed by atoms with E-state index in [4.69, 9.17) is 4.74 Å². The summed E-state index contributed by atoms with van der Waals surface area (Å²) in [5.74, 6) is 0.846. The van der Waals surface area contributed by atoms with Crippen molar-refractivity contribution in [1.29, 1.82) is 0 Å². The molecule has 0 saturated heterocycles. The van der Waals surface area contributed by atoms with Crippen molar-refractivity contribution in [2.24, 2.45) is 0 Å². The number of benzene rings is 2. The monoisotopic (exact) mass is 242 g/mol. The number of nitrogens with one attached hydrogen (secondary N) is 2. The van der Waals surface area contributed by atoms with Crippen LogP contribution in [-0.4, -0.2) is 14.2 Å². The van der Waals surface area contributed by atoms with Crippen LogP contribution in [0.1, 0.15) is 5.56 Å². The first-order chi connectivity index (χ1) is 8.72. The first-order valence-electron chi connectivity index (χ1n) is 5.92. The molecule has 3 heteroatoms. The molecule has 0 spiro atoms. The first-order valence-corrected chi connectivity index (χ1v) is 5.92. The Morgan fingerprint density at radius 1 is 0.944 bits per heavy atom. The summed E-state index contributed by atoms with van der Waals surface area (Å²) in [7, 11) is 3.59. The van der Waals surface area contributed by atoms with Crippen LogP contribution in [0.3, 0.4) is 0 Å². The van der Waals surface area contributed by atoms with Gasteiger partial charge in [-0.1, -0.05) is 6.07 Å². The van der Waals surface area contributed by atoms with Gasteiger partial charge < -0.3 is 15.4 Å². The highest BCUT2D eigenvalue weighted by Gasteiger charge is 2.03. The Labute approximate surface area is 108 Å². The fraction of sp³-hybridized carbons (Fsp3) is 0.200. The number of anilines is 3. The predicted molar refractivity (Wildman–Crippen MR) is 77.0 cm³/mol. The molecule has 2 aromatic carbocycles. The van der Waals surface area contributed by atoms with Crippen LogP contribution >= 0.6 is 0 Å². The maximum atomic E-state index is 5.34. The van der Waals surface area contributed by atoms with Crippen LogP contribution in [0.25, 0.3) is 0 Å². The van der Waals surface area contributed by atoms with E-state index in [1.807, 2.05) is 43.4 Å². The van der Waals surface area contributed by atoms with E-state index < -0.39 is 0 Å². The quantitative estimate of drug-likeness (QED) is 0.855. The topological polar surface area (TPSA) is 33.3 Å². The molecule has 2 N–H and O–H groups in total. The van der Waals surface area contributed by atoms with Gasteiger partial charge in [0, 0.05) is 18.4 Å². The molecule has 0 unspecified atom stereocenters. The average Bonchev–Trinajstić information content (AvgIpc) is 2.40. The molecular weight excluding hydrogens is 224 g/mol. The molecule has 0 aliphatic carbocycles. The Hall–Kier alpha value is -2.16. The second-order valence-electron chi connectivity index (χ2n) is 4.16. The second kappa shape index (κ2) is 5.45. The summed E-state index contributed by atoms with van der Waals surface area (Å²) < 4.78 is 5.34. The first kappa shape index (κ1) is 12.3. The van der Waals surface area contributed by atoms with Crippen LogP contribution in [0.4, 0.5) is 17.1 Å². The minimum Gasteiger partial charge on any atom is -0.495 e. The highest BCUT2D eigenvalue weighted by molar-refractivity contribution is 5.68. The van der Waals surface area contributed by atoms with Crippen molar-refractivity contribution in [3.63, 3.8) is 0 Å². The molecule has 0 amide bonds. The lowest BCUT2D eigenvalue weighted by atomic mass is 10.2. The smallest absolute Gasteiger partial charge is 0.142 e. The Morgan fingerprint density at radius 2 is 1.61 bits per heavy atom. The van der Waals surface area contributed by atoms with Gasteiger partial charge >= 0.3 is 0 Å². The largest absolute Gasteiger partial charge is 0.495 e. The van der Waals surface area contributed by atoms with Crippen LogP contribution in [0.5, 0.6) is 5.75 Å². The Balaban J connectivity index is 2.24. The molecule has 0 aliphatic heterocycles. The highest BCUT2D eigenvalue weighted by Crippen LogP contribution is 2.28. The van der Waals surface area contributed by atoms with Gasteiger partial charge in [0.15, 0.2) is 0 Å². The van der Waals surface area contributed by atoms with E-state index in [0.717, 1.165) is 22.8 Å². The summed E-state index contributed by atoms with van der Waals surface area (Å²) >= 11 is 0. The van der Waals surface area contributed by atoms with E-state index in [0.29, 0.717) is 0 Å². The fourth-order valence-electron chi connectivity index (χ4n) is 1.80. The van der Waals surface area contributed by atoms with E-state index in [9.17, 15) is 0 Å².